The van der Waals surface area contributed by atoms with Gasteiger partial charge < -0.3 is 15.9 Å². The van der Waals surface area contributed by atoms with Gasteiger partial charge in [-0.15, -0.1) is 0 Å². The predicted molar refractivity (Wildman–Crippen MR) is 32.5 cm³/mol. The minimum absolute atomic E-state index is 0.155. The van der Waals surface area contributed by atoms with E-state index in [9.17, 15) is 0 Å². The Morgan fingerprint density at radius 3 is 2.25 bits per heavy atom. The molecule has 0 aliphatic carbocycles. The zero-order chi connectivity index (χ0) is 6.15. The quantitative estimate of drug-likeness (QED) is 0.556. The summed E-state index contributed by atoms with van der Waals surface area (Å²) >= 11 is 5.36. The van der Waals surface area contributed by atoms with E-state index in [1.165, 1.54) is 6.26 Å². The zero-order valence-electron chi connectivity index (χ0n) is 4.02. The van der Waals surface area contributed by atoms with Gasteiger partial charge in [-0.1, -0.05) is 0 Å². The first-order valence-electron chi connectivity index (χ1n) is 1.99. The molecule has 1 aromatic rings. The highest BCUT2D eigenvalue weighted by atomic mass is 35.5. The number of rotatable bonds is 0. The Labute approximate surface area is 51.2 Å². The molecular weight excluding hydrogens is 128 g/mol. The van der Waals surface area contributed by atoms with Gasteiger partial charge in [0.15, 0.2) is 0 Å². The van der Waals surface area contributed by atoms with Crippen LogP contribution in [0.15, 0.2) is 10.7 Å². The third kappa shape index (κ3) is 0.607. The fourth-order valence-electron chi connectivity index (χ4n) is 0.356. The highest BCUT2D eigenvalue weighted by Gasteiger charge is 2.01. The Morgan fingerprint density at radius 2 is 2.12 bits per heavy atom. The Bertz CT molecular complexity index is 176. The standard InChI is InChI=1S/C4H5ClN2O/c5-4-3(7)2(6)1-8-4/h1H,6-7H2. The summed E-state index contributed by atoms with van der Waals surface area (Å²) in [4.78, 5) is 0. The molecule has 4 N–H and O–H groups in total. The van der Waals surface area contributed by atoms with Gasteiger partial charge in [0.05, 0.1) is 5.69 Å². The van der Waals surface area contributed by atoms with Gasteiger partial charge in [0.1, 0.15) is 12.0 Å². The molecule has 0 aliphatic heterocycles. The van der Waals surface area contributed by atoms with Gasteiger partial charge in [-0.25, -0.2) is 0 Å². The number of furan rings is 1. The molecule has 0 spiro atoms. The van der Waals surface area contributed by atoms with E-state index in [-0.39, 0.29) is 5.22 Å². The first kappa shape index (κ1) is 5.31. The minimum atomic E-state index is 0.155. The van der Waals surface area contributed by atoms with E-state index in [2.05, 4.69) is 4.42 Å². The van der Waals surface area contributed by atoms with E-state index < -0.39 is 0 Å². The van der Waals surface area contributed by atoms with Crippen LogP contribution in [0.3, 0.4) is 0 Å². The van der Waals surface area contributed by atoms with Crippen molar-refractivity contribution in [1.82, 2.24) is 0 Å². The van der Waals surface area contributed by atoms with Crippen LogP contribution in [-0.2, 0) is 0 Å². The van der Waals surface area contributed by atoms with Crippen molar-refractivity contribution in [1.29, 1.82) is 0 Å². The van der Waals surface area contributed by atoms with E-state index >= 15 is 0 Å². The Hall–Kier alpha value is -0.830. The van der Waals surface area contributed by atoms with E-state index in [0.29, 0.717) is 11.4 Å². The number of nitrogen functional groups attached to an aromatic ring is 2. The molecule has 0 unspecified atom stereocenters. The van der Waals surface area contributed by atoms with Crippen LogP contribution in [0.25, 0.3) is 0 Å². The van der Waals surface area contributed by atoms with Crippen LogP contribution in [0, 0.1) is 0 Å². The number of hydrogen-bond donors (Lipinski definition) is 2. The summed E-state index contributed by atoms with van der Waals surface area (Å²) in [6.07, 6.45) is 1.30. The molecule has 4 heteroatoms. The molecule has 8 heavy (non-hydrogen) atoms. The van der Waals surface area contributed by atoms with E-state index in [4.69, 9.17) is 23.1 Å². The van der Waals surface area contributed by atoms with Crippen molar-refractivity contribution < 1.29 is 4.42 Å². The molecule has 1 heterocycles. The Morgan fingerprint density at radius 1 is 1.50 bits per heavy atom. The molecule has 1 rings (SSSR count). The molecule has 0 radical (unpaired) electrons. The highest BCUT2D eigenvalue weighted by Crippen LogP contribution is 2.25. The molecule has 0 saturated carbocycles. The first-order chi connectivity index (χ1) is 3.72. The molecule has 0 atom stereocenters. The number of halogens is 1. The van der Waals surface area contributed by atoms with Crippen molar-refractivity contribution in [3.8, 4) is 0 Å². The van der Waals surface area contributed by atoms with E-state index in [1.54, 1.807) is 0 Å². The molecule has 0 amide bonds. The van der Waals surface area contributed by atoms with Crippen LogP contribution < -0.4 is 11.5 Å². The second kappa shape index (κ2) is 1.59. The van der Waals surface area contributed by atoms with Crippen LogP contribution in [0.1, 0.15) is 0 Å². The fraction of sp³-hybridized carbons (Fsp3) is 0. The third-order valence-electron chi connectivity index (χ3n) is 0.812. The second-order valence-corrected chi connectivity index (χ2v) is 1.72. The van der Waals surface area contributed by atoms with Crippen LogP contribution in [0.4, 0.5) is 11.4 Å². The fourth-order valence-corrected chi connectivity index (χ4v) is 0.509. The van der Waals surface area contributed by atoms with Crippen molar-refractivity contribution in [3.63, 3.8) is 0 Å². The summed E-state index contributed by atoms with van der Waals surface area (Å²) in [6.45, 7) is 0. The van der Waals surface area contributed by atoms with Crippen LogP contribution >= 0.6 is 11.6 Å². The first-order valence-corrected chi connectivity index (χ1v) is 2.37. The maximum Gasteiger partial charge on any atom is 0.218 e. The number of anilines is 2. The number of nitrogens with two attached hydrogens (primary N) is 2. The van der Waals surface area contributed by atoms with Gasteiger partial charge in [-0.3, -0.25) is 0 Å². The topological polar surface area (TPSA) is 65.2 Å². The lowest BCUT2D eigenvalue weighted by atomic mass is 10.5. The van der Waals surface area contributed by atoms with Crippen LogP contribution in [0.2, 0.25) is 5.22 Å². The largest absolute Gasteiger partial charge is 0.448 e. The molecule has 0 aliphatic rings. The Kier molecular flexibility index (Phi) is 1.06. The maximum absolute atomic E-state index is 5.36. The molecule has 0 saturated heterocycles. The lowest BCUT2D eigenvalue weighted by molar-refractivity contribution is 0.571. The van der Waals surface area contributed by atoms with Gasteiger partial charge in [-0.2, -0.15) is 0 Å². The smallest absolute Gasteiger partial charge is 0.218 e. The van der Waals surface area contributed by atoms with Crippen molar-refractivity contribution in [2.45, 2.75) is 0 Å². The SMILES string of the molecule is Nc1coc(Cl)c1N. The van der Waals surface area contributed by atoms with E-state index in [1.807, 2.05) is 0 Å². The van der Waals surface area contributed by atoms with Crippen LogP contribution in [0.5, 0.6) is 0 Å². The highest BCUT2D eigenvalue weighted by molar-refractivity contribution is 6.31. The number of hydrogen-bond acceptors (Lipinski definition) is 3. The Balaban J connectivity index is 3.19. The summed E-state index contributed by atoms with van der Waals surface area (Å²) in [5.41, 5.74) is 11.2. The lowest BCUT2D eigenvalue weighted by Crippen LogP contribution is -1.88. The molecule has 0 bridgehead atoms. The second-order valence-electron chi connectivity index (χ2n) is 1.38. The molecule has 1 aromatic heterocycles. The lowest BCUT2D eigenvalue weighted by Gasteiger charge is -1.83. The summed E-state index contributed by atoms with van der Waals surface area (Å²) in [5, 5.41) is 0.155. The minimum Gasteiger partial charge on any atom is -0.448 e. The molecule has 0 aromatic carbocycles. The van der Waals surface area contributed by atoms with Gasteiger partial charge >= 0.3 is 0 Å². The van der Waals surface area contributed by atoms with Gasteiger partial charge in [0, 0.05) is 0 Å². The average Bonchev–Trinajstić information content (AvgIpc) is 1.98. The summed E-state index contributed by atoms with van der Waals surface area (Å²) < 4.78 is 4.61. The normalized spacial score (nSPS) is 9.62. The molecular formula is C4H5ClN2O. The van der Waals surface area contributed by atoms with Crippen molar-refractivity contribution in [2.75, 3.05) is 11.5 Å². The van der Waals surface area contributed by atoms with Gasteiger partial charge in [-0.05, 0) is 11.6 Å². The maximum atomic E-state index is 5.36. The molecule has 3 nitrogen and oxygen atoms in total. The monoisotopic (exact) mass is 132 g/mol. The third-order valence-corrected chi connectivity index (χ3v) is 1.10. The summed E-state index contributed by atoms with van der Waals surface area (Å²) in [6, 6.07) is 0. The summed E-state index contributed by atoms with van der Waals surface area (Å²) in [5.74, 6) is 0. The van der Waals surface area contributed by atoms with Gasteiger partial charge in [0.2, 0.25) is 5.22 Å². The van der Waals surface area contributed by atoms with Crippen molar-refractivity contribution in [3.05, 3.63) is 11.5 Å². The van der Waals surface area contributed by atoms with E-state index in [0.717, 1.165) is 0 Å². The molecule has 0 fully saturated rings. The zero-order valence-corrected chi connectivity index (χ0v) is 4.77. The van der Waals surface area contributed by atoms with Crippen molar-refractivity contribution >= 4 is 23.0 Å². The predicted octanol–water partition coefficient (Wildman–Crippen LogP) is 1.10. The van der Waals surface area contributed by atoms with Crippen molar-refractivity contribution in [2.24, 2.45) is 0 Å². The van der Waals surface area contributed by atoms with Gasteiger partial charge in [0.25, 0.3) is 0 Å². The average molecular weight is 133 g/mol. The van der Waals surface area contributed by atoms with Crippen LogP contribution in [-0.4, -0.2) is 0 Å². The summed E-state index contributed by atoms with van der Waals surface area (Å²) in [7, 11) is 0. The molecule has 44 valence electrons.